The molecule has 2 aromatic carbocycles. The van der Waals surface area contributed by atoms with E-state index in [1.807, 2.05) is 24.3 Å². The van der Waals surface area contributed by atoms with E-state index in [1.54, 1.807) is 19.2 Å². The van der Waals surface area contributed by atoms with Crippen LogP contribution in [0.2, 0.25) is 0 Å². The van der Waals surface area contributed by atoms with Crippen molar-refractivity contribution in [3.05, 3.63) is 53.8 Å². The van der Waals surface area contributed by atoms with Crippen molar-refractivity contribution in [3.8, 4) is 5.75 Å². The Bertz CT molecular complexity index is 599. The minimum absolute atomic E-state index is 0.0223. The van der Waals surface area contributed by atoms with Crippen molar-refractivity contribution in [2.75, 3.05) is 12.4 Å². The number of benzene rings is 2. The topological polar surface area (TPSA) is 47.3 Å². The van der Waals surface area contributed by atoms with Gasteiger partial charge in [0.15, 0.2) is 0 Å². The van der Waals surface area contributed by atoms with Gasteiger partial charge in [0, 0.05) is 5.69 Å². The fraction of sp³-hybridized carbons (Fsp3) is 0.0714. The molecule has 0 atom stereocenters. The number of thiocarbonyl (C=S) groups is 1. The first-order valence-corrected chi connectivity index (χ1v) is 6.02. The standard InChI is InChI=1S/C14H13FN2OS/c1-18-10-7-5-9(6-8-10)17-12-4-2-3-11(15)13(12)14(16)19/h2-8,17H,1H3,(H2,16,19). The molecule has 0 bridgehead atoms. The maximum Gasteiger partial charge on any atom is 0.135 e. The van der Waals surface area contributed by atoms with E-state index in [0.717, 1.165) is 11.4 Å². The molecule has 0 fully saturated rings. The first kappa shape index (κ1) is 13.3. The van der Waals surface area contributed by atoms with Crippen LogP contribution in [-0.2, 0) is 0 Å². The van der Waals surface area contributed by atoms with Crippen LogP contribution in [0.3, 0.4) is 0 Å². The molecule has 0 aromatic heterocycles. The Labute approximate surface area is 116 Å². The average Bonchev–Trinajstić information content (AvgIpc) is 2.39. The monoisotopic (exact) mass is 276 g/mol. The van der Waals surface area contributed by atoms with Crippen LogP contribution < -0.4 is 15.8 Å². The SMILES string of the molecule is COc1ccc(Nc2cccc(F)c2C(N)=S)cc1. The third kappa shape index (κ3) is 3.00. The van der Waals surface area contributed by atoms with E-state index in [1.165, 1.54) is 6.07 Å². The lowest BCUT2D eigenvalue weighted by Gasteiger charge is -2.12. The molecule has 0 heterocycles. The lowest BCUT2D eigenvalue weighted by Crippen LogP contribution is -2.14. The van der Waals surface area contributed by atoms with Crippen LogP contribution in [0.25, 0.3) is 0 Å². The maximum absolute atomic E-state index is 13.7. The van der Waals surface area contributed by atoms with Gasteiger partial charge in [-0.25, -0.2) is 4.39 Å². The van der Waals surface area contributed by atoms with Crippen molar-refractivity contribution in [2.24, 2.45) is 5.73 Å². The highest BCUT2D eigenvalue weighted by Crippen LogP contribution is 2.24. The van der Waals surface area contributed by atoms with Crippen LogP contribution in [0.15, 0.2) is 42.5 Å². The molecule has 3 nitrogen and oxygen atoms in total. The Morgan fingerprint density at radius 2 is 1.89 bits per heavy atom. The zero-order chi connectivity index (χ0) is 13.8. The molecule has 3 N–H and O–H groups in total. The highest BCUT2D eigenvalue weighted by atomic mass is 32.1. The van der Waals surface area contributed by atoms with Gasteiger partial charge in [0.25, 0.3) is 0 Å². The summed E-state index contributed by atoms with van der Waals surface area (Å²) >= 11 is 4.87. The molecule has 0 aliphatic heterocycles. The number of methoxy groups -OCH3 is 1. The van der Waals surface area contributed by atoms with Crippen LogP contribution in [0.1, 0.15) is 5.56 Å². The molecule has 2 rings (SSSR count). The van der Waals surface area contributed by atoms with Crippen LogP contribution in [0.5, 0.6) is 5.75 Å². The van der Waals surface area contributed by atoms with Crippen molar-refractivity contribution in [1.29, 1.82) is 0 Å². The van der Waals surface area contributed by atoms with Crippen LogP contribution in [0, 0.1) is 5.82 Å². The first-order valence-electron chi connectivity index (χ1n) is 5.61. The molecule has 0 radical (unpaired) electrons. The first-order chi connectivity index (χ1) is 9.11. The summed E-state index contributed by atoms with van der Waals surface area (Å²) in [4.78, 5) is 0.0223. The summed E-state index contributed by atoms with van der Waals surface area (Å²) in [6.45, 7) is 0. The molecule has 0 unspecified atom stereocenters. The summed E-state index contributed by atoms with van der Waals surface area (Å²) in [7, 11) is 1.60. The van der Waals surface area contributed by atoms with Crippen molar-refractivity contribution in [2.45, 2.75) is 0 Å². The van der Waals surface area contributed by atoms with Gasteiger partial charge in [-0.2, -0.15) is 0 Å². The fourth-order valence-corrected chi connectivity index (χ4v) is 1.92. The molecule has 0 amide bonds. The minimum Gasteiger partial charge on any atom is -0.497 e. The molecule has 0 saturated heterocycles. The molecule has 5 heteroatoms. The summed E-state index contributed by atoms with van der Waals surface area (Å²) < 4.78 is 18.8. The number of anilines is 2. The number of ether oxygens (including phenoxy) is 1. The average molecular weight is 276 g/mol. The van der Waals surface area contributed by atoms with Crippen LogP contribution >= 0.6 is 12.2 Å². The summed E-state index contributed by atoms with van der Waals surface area (Å²) in [6, 6.07) is 11.9. The van der Waals surface area contributed by atoms with Gasteiger partial charge in [0.2, 0.25) is 0 Å². The number of nitrogens with one attached hydrogen (secondary N) is 1. The predicted octanol–water partition coefficient (Wildman–Crippen LogP) is 3.21. The van der Waals surface area contributed by atoms with E-state index in [4.69, 9.17) is 22.7 Å². The molecule has 0 saturated carbocycles. The van der Waals surface area contributed by atoms with Crippen molar-refractivity contribution in [1.82, 2.24) is 0 Å². The van der Waals surface area contributed by atoms with Crippen molar-refractivity contribution < 1.29 is 9.13 Å². The van der Waals surface area contributed by atoms with Crippen molar-refractivity contribution >= 4 is 28.6 Å². The lowest BCUT2D eigenvalue weighted by molar-refractivity contribution is 0.415. The highest BCUT2D eigenvalue weighted by molar-refractivity contribution is 7.80. The van der Waals surface area contributed by atoms with E-state index >= 15 is 0 Å². The Hall–Kier alpha value is -2.14. The van der Waals surface area contributed by atoms with E-state index in [2.05, 4.69) is 5.32 Å². The Morgan fingerprint density at radius 3 is 2.47 bits per heavy atom. The smallest absolute Gasteiger partial charge is 0.135 e. The third-order valence-corrected chi connectivity index (χ3v) is 2.83. The van der Waals surface area contributed by atoms with E-state index in [0.29, 0.717) is 5.69 Å². The molecule has 0 aliphatic rings. The second kappa shape index (κ2) is 5.67. The number of nitrogens with two attached hydrogens (primary N) is 1. The van der Waals surface area contributed by atoms with Crippen LogP contribution in [-0.4, -0.2) is 12.1 Å². The summed E-state index contributed by atoms with van der Waals surface area (Å²) in [5.41, 5.74) is 7.10. The number of hydrogen-bond acceptors (Lipinski definition) is 3. The Balaban J connectivity index is 2.32. The Morgan fingerprint density at radius 1 is 1.21 bits per heavy atom. The summed E-state index contributed by atoms with van der Waals surface area (Å²) in [5, 5.41) is 3.08. The van der Waals surface area contributed by atoms with E-state index < -0.39 is 5.82 Å². The van der Waals surface area contributed by atoms with E-state index in [9.17, 15) is 4.39 Å². The maximum atomic E-state index is 13.7. The molecule has 2 aromatic rings. The lowest BCUT2D eigenvalue weighted by atomic mass is 10.1. The number of hydrogen-bond donors (Lipinski definition) is 2. The van der Waals surface area contributed by atoms with Gasteiger partial charge in [-0.3, -0.25) is 0 Å². The highest BCUT2D eigenvalue weighted by Gasteiger charge is 2.11. The van der Waals surface area contributed by atoms with Gasteiger partial charge in [0.1, 0.15) is 16.6 Å². The largest absolute Gasteiger partial charge is 0.497 e. The molecule has 0 spiro atoms. The second-order valence-electron chi connectivity index (χ2n) is 3.88. The molecule has 98 valence electrons. The van der Waals surface area contributed by atoms with Crippen molar-refractivity contribution in [3.63, 3.8) is 0 Å². The summed E-state index contributed by atoms with van der Waals surface area (Å²) in [5.74, 6) is 0.311. The predicted molar refractivity (Wildman–Crippen MR) is 78.6 cm³/mol. The number of rotatable bonds is 4. The molecular formula is C14H13FN2OS. The minimum atomic E-state index is -0.439. The number of halogens is 1. The van der Waals surface area contributed by atoms with E-state index in [-0.39, 0.29) is 10.6 Å². The fourth-order valence-electron chi connectivity index (χ4n) is 1.71. The van der Waals surface area contributed by atoms with Gasteiger partial charge in [-0.05, 0) is 36.4 Å². The molecular weight excluding hydrogens is 263 g/mol. The normalized spacial score (nSPS) is 10.0. The zero-order valence-electron chi connectivity index (χ0n) is 10.3. The third-order valence-electron chi connectivity index (χ3n) is 2.63. The van der Waals surface area contributed by atoms with Gasteiger partial charge < -0.3 is 15.8 Å². The van der Waals surface area contributed by atoms with Gasteiger partial charge in [-0.15, -0.1) is 0 Å². The zero-order valence-corrected chi connectivity index (χ0v) is 11.1. The second-order valence-corrected chi connectivity index (χ2v) is 4.32. The Kier molecular flexibility index (Phi) is 3.97. The molecule has 0 aliphatic carbocycles. The quantitative estimate of drug-likeness (QED) is 0.842. The molecule has 19 heavy (non-hydrogen) atoms. The van der Waals surface area contributed by atoms with Gasteiger partial charge >= 0.3 is 0 Å². The summed E-state index contributed by atoms with van der Waals surface area (Å²) in [6.07, 6.45) is 0. The van der Waals surface area contributed by atoms with Gasteiger partial charge in [-0.1, -0.05) is 18.3 Å². The van der Waals surface area contributed by atoms with Gasteiger partial charge in [0.05, 0.1) is 18.4 Å². The van der Waals surface area contributed by atoms with Crippen LogP contribution in [0.4, 0.5) is 15.8 Å².